The molecule has 6 fully saturated rings. The summed E-state index contributed by atoms with van der Waals surface area (Å²) < 4.78 is 188. The van der Waals surface area contributed by atoms with Crippen LogP contribution >= 0.6 is 0 Å². The first-order valence-corrected chi connectivity index (χ1v) is 16.8. The van der Waals surface area contributed by atoms with E-state index in [-0.39, 0.29) is 19.3 Å². The first-order valence-electron chi connectivity index (χ1n) is 16.8. The van der Waals surface area contributed by atoms with Crippen molar-refractivity contribution in [3.63, 3.8) is 0 Å². The lowest BCUT2D eigenvalue weighted by molar-refractivity contribution is -0.419. The summed E-state index contributed by atoms with van der Waals surface area (Å²) in [6.45, 7) is 7.83. The Balaban J connectivity index is 1.28. The summed E-state index contributed by atoms with van der Waals surface area (Å²) in [5.74, 6) is -14.8. The van der Waals surface area contributed by atoms with Crippen molar-refractivity contribution >= 4 is 11.9 Å². The molecule has 5 nitrogen and oxygen atoms in total. The first kappa shape index (κ1) is 38.0. The second-order valence-corrected chi connectivity index (χ2v) is 17.3. The maximum atomic E-state index is 14.6. The van der Waals surface area contributed by atoms with Gasteiger partial charge in [-0.25, -0.2) is 0 Å². The van der Waals surface area contributed by atoms with Crippen molar-refractivity contribution in [2.75, 3.05) is 0 Å². The number of fused-ring (bicyclic) bond motifs is 3. The van der Waals surface area contributed by atoms with E-state index in [0.717, 1.165) is 20.8 Å². The number of rotatable bonds is 6. The minimum absolute atomic E-state index is 0.0520. The predicted molar refractivity (Wildman–Crippen MR) is 147 cm³/mol. The van der Waals surface area contributed by atoms with Crippen LogP contribution in [0.15, 0.2) is 0 Å². The molecule has 4 aliphatic carbocycles. The largest absolute Gasteiger partial charge is 0.426 e. The second kappa shape index (κ2) is 10.9. The zero-order valence-corrected chi connectivity index (χ0v) is 28.0. The predicted octanol–water partition coefficient (Wildman–Crippen LogP) is 8.84. The van der Waals surface area contributed by atoms with Gasteiger partial charge in [0.15, 0.2) is 0 Å². The fraction of sp³-hybridized carbons (Fsp3) is 0.939. The van der Waals surface area contributed by atoms with Gasteiger partial charge in [-0.15, -0.1) is 0 Å². The number of halogens is 12. The van der Waals surface area contributed by atoms with Gasteiger partial charge in [0.2, 0.25) is 0 Å². The van der Waals surface area contributed by atoms with Crippen molar-refractivity contribution in [3.8, 4) is 0 Å². The molecule has 50 heavy (non-hydrogen) atoms. The molecule has 286 valence electrons. The van der Waals surface area contributed by atoms with Crippen LogP contribution in [0.4, 0.5) is 52.7 Å². The molecule has 4 bridgehead atoms. The van der Waals surface area contributed by atoms with Crippen molar-refractivity contribution in [3.05, 3.63) is 0 Å². The fourth-order valence-electron chi connectivity index (χ4n) is 12.0. The zero-order valence-electron chi connectivity index (χ0n) is 28.0. The minimum Gasteiger partial charge on any atom is -0.393 e. The molecule has 0 radical (unpaired) electrons. The lowest BCUT2D eigenvalue weighted by atomic mass is 9.59. The number of carbonyl (C=O) groups excluding carboxylic acids is 2. The SMILES string of the molecule is CC1C2CC(CC2C(OC(C)(C)C)(C(F)(F)F)C(F)(F)F)C1C1C(=O)OC(=O)C1CC(C)(C)C1C2CC3C1OC(C(F)(F)F)(C(F)(F)F)C3C2. The van der Waals surface area contributed by atoms with Crippen molar-refractivity contribution in [2.24, 2.45) is 70.5 Å². The Hall–Kier alpha value is -1.78. The van der Waals surface area contributed by atoms with Gasteiger partial charge in [0, 0.05) is 11.8 Å². The molecule has 12 unspecified atom stereocenters. The normalized spacial score (nSPS) is 40.4. The topological polar surface area (TPSA) is 61.8 Å². The summed E-state index contributed by atoms with van der Waals surface area (Å²) in [5, 5.41) is 0. The fourth-order valence-corrected chi connectivity index (χ4v) is 12.0. The van der Waals surface area contributed by atoms with Crippen LogP contribution in [0.25, 0.3) is 0 Å². The lowest BCUT2D eigenvalue weighted by Crippen LogP contribution is -2.67. The number of alkyl halides is 12. The van der Waals surface area contributed by atoms with Gasteiger partial charge < -0.3 is 14.2 Å². The Kier molecular flexibility index (Phi) is 8.27. The second-order valence-electron chi connectivity index (χ2n) is 17.3. The number of cyclic esters (lactones) is 2. The van der Waals surface area contributed by atoms with E-state index >= 15 is 0 Å². The van der Waals surface area contributed by atoms with Gasteiger partial charge in [-0.1, -0.05) is 20.8 Å². The molecule has 0 N–H and O–H groups in total. The quantitative estimate of drug-likeness (QED) is 0.155. The van der Waals surface area contributed by atoms with Gasteiger partial charge in [0.05, 0.1) is 23.5 Å². The van der Waals surface area contributed by atoms with Crippen molar-refractivity contribution < 1.29 is 76.5 Å². The van der Waals surface area contributed by atoms with E-state index in [1.54, 1.807) is 13.8 Å². The maximum Gasteiger partial charge on any atom is 0.426 e. The molecule has 0 aromatic heterocycles. The third kappa shape index (κ3) is 5.09. The monoisotopic (exact) mass is 744 g/mol. The third-order valence-corrected chi connectivity index (χ3v) is 13.2. The Bertz CT molecular complexity index is 1360. The van der Waals surface area contributed by atoms with Gasteiger partial charge in [-0.2, -0.15) is 52.7 Å². The highest BCUT2D eigenvalue weighted by atomic mass is 19.4. The summed E-state index contributed by atoms with van der Waals surface area (Å²) in [4.78, 5) is 26.5. The van der Waals surface area contributed by atoms with Gasteiger partial charge in [-0.3, -0.25) is 9.59 Å². The lowest BCUT2D eigenvalue weighted by Gasteiger charge is -2.50. The van der Waals surface area contributed by atoms with Crippen molar-refractivity contribution in [1.82, 2.24) is 0 Å². The average molecular weight is 745 g/mol. The molecule has 12 atom stereocenters. The molecule has 2 heterocycles. The molecular formula is C33H40F12O5. The molecule has 2 aliphatic heterocycles. The molecule has 0 spiro atoms. The van der Waals surface area contributed by atoms with E-state index in [9.17, 15) is 62.3 Å². The number of ether oxygens (including phenoxy) is 3. The van der Waals surface area contributed by atoms with Crippen LogP contribution in [0, 0.1) is 70.5 Å². The Labute approximate surface area is 280 Å². The van der Waals surface area contributed by atoms with E-state index in [2.05, 4.69) is 0 Å². The summed E-state index contributed by atoms with van der Waals surface area (Å²) in [7, 11) is 0. The third-order valence-electron chi connectivity index (χ3n) is 13.2. The van der Waals surface area contributed by atoms with Crippen LogP contribution in [-0.2, 0) is 23.8 Å². The number of hydrogen-bond donors (Lipinski definition) is 0. The van der Waals surface area contributed by atoms with E-state index in [4.69, 9.17) is 14.2 Å². The van der Waals surface area contributed by atoms with Crippen LogP contribution in [0.3, 0.4) is 0 Å². The highest BCUT2D eigenvalue weighted by Gasteiger charge is 2.85. The van der Waals surface area contributed by atoms with Crippen molar-refractivity contribution in [2.45, 2.75) is 121 Å². The smallest absolute Gasteiger partial charge is 0.393 e. The summed E-state index contributed by atoms with van der Waals surface area (Å²) in [5.41, 5.74) is -11.9. The zero-order chi connectivity index (χ0) is 37.7. The Morgan fingerprint density at radius 3 is 1.76 bits per heavy atom. The summed E-state index contributed by atoms with van der Waals surface area (Å²) >= 11 is 0. The van der Waals surface area contributed by atoms with Crippen LogP contribution in [0.1, 0.15) is 73.6 Å². The molecule has 0 aromatic carbocycles. The van der Waals surface area contributed by atoms with E-state index in [0.29, 0.717) is 0 Å². The molecule has 0 amide bonds. The number of hydrogen-bond acceptors (Lipinski definition) is 5. The van der Waals surface area contributed by atoms with Gasteiger partial charge in [0.25, 0.3) is 11.2 Å². The highest BCUT2D eigenvalue weighted by Crippen LogP contribution is 2.72. The summed E-state index contributed by atoms with van der Waals surface area (Å²) in [6, 6.07) is 0. The first-order chi connectivity index (χ1) is 22.4. The van der Waals surface area contributed by atoms with Crippen LogP contribution in [-0.4, -0.2) is 59.6 Å². The summed E-state index contributed by atoms with van der Waals surface area (Å²) in [6.07, 6.45) is -25.9. The molecule has 0 aromatic rings. The van der Waals surface area contributed by atoms with Gasteiger partial charge in [0.1, 0.15) is 0 Å². The standard InChI is InChI=1S/C33H40F12O5/c1-12-15-7-13(9-18(15)29(32(40,41)42,33(43,44)45)50-26(2,3)4)20(12)21-17(24(46)48-25(21)47)11-27(5,6)22-14-8-16-19(10-14)28(30(34,35)36,31(37,38)39)49-23(16)22/h12-23H,7-11H2,1-6H3. The number of esters is 2. The minimum atomic E-state index is -5.85. The average Bonchev–Trinajstić information content (AvgIpc) is 3.70. The van der Waals surface area contributed by atoms with Gasteiger partial charge >= 0.3 is 36.6 Å². The Morgan fingerprint density at radius 2 is 1.28 bits per heavy atom. The van der Waals surface area contributed by atoms with E-state index < -0.39 is 143 Å². The van der Waals surface area contributed by atoms with Crippen LogP contribution in [0.5, 0.6) is 0 Å². The van der Waals surface area contributed by atoms with E-state index in [1.165, 1.54) is 6.92 Å². The van der Waals surface area contributed by atoms with Crippen molar-refractivity contribution in [1.29, 1.82) is 0 Å². The molecular weight excluding hydrogens is 704 g/mol. The number of carbonyl (C=O) groups is 2. The Morgan fingerprint density at radius 1 is 0.740 bits per heavy atom. The van der Waals surface area contributed by atoms with E-state index in [1.807, 2.05) is 0 Å². The molecule has 6 aliphatic rings. The maximum absolute atomic E-state index is 14.6. The van der Waals surface area contributed by atoms with Crippen LogP contribution < -0.4 is 0 Å². The molecule has 6 rings (SSSR count). The molecule has 2 saturated heterocycles. The highest BCUT2D eigenvalue weighted by molar-refractivity contribution is 5.96. The molecule has 17 heteroatoms. The van der Waals surface area contributed by atoms with Gasteiger partial charge in [-0.05, 0) is 99.7 Å². The molecule has 4 saturated carbocycles. The van der Waals surface area contributed by atoms with Crippen LogP contribution in [0.2, 0.25) is 0 Å².